The SMILES string of the molecule is C=CCC1(CC=C)c2cc(Br)ccc2-c2ccc(N(c3ccccc3)c3ccccc3)cc21.C=CCC1(CC=C)c2cc(Br)ccc2-c2ccc(N(c3ccccc3)c3ccccc3)cc21. The molecule has 8 aromatic carbocycles. The van der Waals surface area contributed by atoms with E-state index in [9.17, 15) is 0 Å². The molecule has 2 aliphatic rings. The van der Waals surface area contributed by atoms with Gasteiger partial charge in [-0.1, -0.05) is 153 Å². The van der Waals surface area contributed by atoms with Crippen molar-refractivity contribution >= 4 is 66.0 Å². The summed E-state index contributed by atoms with van der Waals surface area (Å²) < 4.78 is 2.20. The molecule has 0 fully saturated rings. The molecule has 0 radical (unpaired) electrons. The van der Waals surface area contributed by atoms with Crippen molar-refractivity contribution in [3.8, 4) is 22.3 Å². The number of benzene rings is 8. The van der Waals surface area contributed by atoms with Crippen LogP contribution in [-0.4, -0.2) is 0 Å². The average Bonchev–Trinajstić information content (AvgIpc) is 3.75. The monoisotopic (exact) mass is 982 g/mol. The van der Waals surface area contributed by atoms with Crippen LogP contribution < -0.4 is 9.80 Å². The molecule has 0 spiro atoms. The first kappa shape index (κ1) is 44.5. The van der Waals surface area contributed by atoms with Gasteiger partial charge in [-0.2, -0.15) is 0 Å². The minimum Gasteiger partial charge on any atom is -0.310 e. The van der Waals surface area contributed by atoms with Gasteiger partial charge >= 0.3 is 0 Å². The standard InChI is InChI=1S/2C31H26BrN/c2*1-3-19-31(20-4-2)29-21-23(32)15-17-27(29)28-18-16-26(22-30(28)31)33(24-11-7-5-8-12-24)25-13-9-6-10-14-25/h2*3-18,21-22H,1-2,19-20H2. The van der Waals surface area contributed by atoms with E-state index in [1.807, 2.05) is 24.3 Å². The van der Waals surface area contributed by atoms with Crippen LogP contribution in [0.3, 0.4) is 0 Å². The van der Waals surface area contributed by atoms with Crippen LogP contribution in [0.2, 0.25) is 0 Å². The van der Waals surface area contributed by atoms with E-state index >= 15 is 0 Å². The number of fused-ring (bicyclic) bond motifs is 6. The summed E-state index contributed by atoms with van der Waals surface area (Å²) in [6, 6.07) is 69.3. The lowest BCUT2D eigenvalue weighted by Gasteiger charge is -2.32. The molecule has 0 bridgehead atoms. The van der Waals surface area contributed by atoms with Gasteiger partial charge < -0.3 is 9.80 Å². The Morgan fingerprint density at radius 3 is 0.848 bits per heavy atom. The zero-order chi connectivity index (χ0) is 45.7. The van der Waals surface area contributed by atoms with Crippen LogP contribution in [0.1, 0.15) is 47.9 Å². The van der Waals surface area contributed by atoms with Gasteiger partial charge in [-0.25, -0.2) is 0 Å². The molecule has 0 amide bonds. The second-order valence-electron chi connectivity index (χ2n) is 17.0. The molecule has 0 saturated carbocycles. The average molecular weight is 985 g/mol. The van der Waals surface area contributed by atoms with Gasteiger partial charge in [0.15, 0.2) is 0 Å². The van der Waals surface area contributed by atoms with Crippen molar-refractivity contribution < 1.29 is 0 Å². The lowest BCUT2D eigenvalue weighted by atomic mass is 9.73. The van der Waals surface area contributed by atoms with Crippen LogP contribution in [-0.2, 0) is 10.8 Å². The first-order valence-electron chi connectivity index (χ1n) is 22.5. The lowest BCUT2D eigenvalue weighted by Crippen LogP contribution is -2.24. The Labute approximate surface area is 407 Å². The number of halogens is 2. The molecular formula is C62H52Br2N2. The minimum atomic E-state index is -0.174. The Morgan fingerprint density at radius 2 is 0.576 bits per heavy atom. The van der Waals surface area contributed by atoms with Crippen LogP contribution in [0.5, 0.6) is 0 Å². The first-order chi connectivity index (χ1) is 32.4. The van der Waals surface area contributed by atoms with Gasteiger partial charge in [0, 0.05) is 53.9 Å². The van der Waals surface area contributed by atoms with Crippen LogP contribution in [0, 0.1) is 0 Å². The Balaban J connectivity index is 0.000000166. The molecule has 0 aromatic heterocycles. The van der Waals surface area contributed by atoms with E-state index in [1.54, 1.807) is 0 Å². The van der Waals surface area contributed by atoms with Crippen LogP contribution in [0.4, 0.5) is 34.1 Å². The Hall–Kier alpha value is -6.72. The molecule has 8 aromatic rings. The maximum absolute atomic E-state index is 4.12. The molecule has 2 nitrogen and oxygen atoms in total. The normalized spacial score (nSPS) is 13.1. The predicted molar refractivity (Wildman–Crippen MR) is 289 cm³/mol. The van der Waals surface area contributed by atoms with Gasteiger partial charge in [0.1, 0.15) is 0 Å². The Kier molecular flexibility index (Phi) is 13.1. The van der Waals surface area contributed by atoms with Gasteiger partial charge in [0.05, 0.1) is 0 Å². The molecule has 66 heavy (non-hydrogen) atoms. The molecule has 0 N–H and O–H groups in total. The summed E-state index contributed by atoms with van der Waals surface area (Å²) in [4.78, 5) is 4.65. The van der Waals surface area contributed by atoms with Crippen molar-refractivity contribution in [2.45, 2.75) is 36.5 Å². The fourth-order valence-corrected chi connectivity index (χ4v) is 11.1. The Bertz CT molecular complexity index is 2720. The minimum absolute atomic E-state index is 0.174. The summed E-state index contributed by atoms with van der Waals surface area (Å²) in [7, 11) is 0. The van der Waals surface area contributed by atoms with Gasteiger partial charge in [0.25, 0.3) is 0 Å². The van der Waals surface area contributed by atoms with E-state index in [0.29, 0.717) is 0 Å². The number of nitrogens with zero attached hydrogens (tertiary/aromatic N) is 2. The Morgan fingerprint density at radius 1 is 0.318 bits per heavy atom. The van der Waals surface area contributed by atoms with Gasteiger partial charge in [-0.05, 0) is 167 Å². The molecular weight excluding hydrogens is 933 g/mol. The van der Waals surface area contributed by atoms with Crippen molar-refractivity contribution in [2.24, 2.45) is 0 Å². The van der Waals surface area contributed by atoms with Crippen molar-refractivity contribution in [2.75, 3.05) is 9.80 Å². The summed E-state index contributed by atoms with van der Waals surface area (Å²) in [5.74, 6) is 0. The number of rotatable bonds is 14. The zero-order valence-corrected chi connectivity index (χ0v) is 40.3. The van der Waals surface area contributed by atoms with Crippen LogP contribution >= 0.6 is 31.9 Å². The van der Waals surface area contributed by atoms with Crippen molar-refractivity contribution in [3.63, 3.8) is 0 Å². The first-order valence-corrected chi connectivity index (χ1v) is 24.1. The highest BCUT2D eigenvalue weighted by Crippen LogP contribution is 2.57. The highest BCUT2D eigenvalue weighted by molar-refractivity contribution is 9.10. The lowest BCUT2D eigenvalue weighted by molar-refractivity contribution is 0.543. The molecule has 0 saturated heterocycles. The summed E-state index contributed by atoms with van der Waals surface area (Å²) >= 11 is 7.41. The maximum Gasteiger partial charge on any atom is 0.0465 e. The zero-order valence-electron chi connectivity index (χ0n) is 37.1. The molecule has 0 atom stereocenters. The predicted octanol–water partition coefficient (Wildman–Crippen LogP) is 18.7. The van der Waals surface area contributed by atoms with Crippen LogP contribution in [0.15, 0.2) is 254 Å². The fourth-order valence-electron chi connectivity index (χ4n) is 10.4. The van der Waals surface area contributed by atoms with Gasteiger partial charge in [0.2, 0.25) is 0 Å². The molecule has 0 heterocycles. The van der Waals surface area contributed by atoms with Gasteiger partial charge in [-0.15, -0.1) is 26.3 Å². The second kappa shape index (κ2) is 19.4. The number of hydrogen-bond donors (Lipinski definition) is 0. The van der Waals surface area contributed by atoms with Crippen molar-refractivity contribution in [3.05, 3.63) is 276 Å². The molecule has 2 aliphatic carbocycles. The van der Waals surface area contributed by atoms with E-state index in [-0.39, 0.29) is 10.8 Å². The second-order valence-corrected chi connectivity index (χ2v) is 18.8. The topological polar surface area (TPSA) is 6.48 Å². The molecule has 324 valence electrons. The summed E-state index contributed by atoms with van der Waals surface area (Å²) in [5.41, 5.74) is 17.1. The summed E-state index contributed by atoms with van der Waals surface area (Å²) in [6.45, 7) is 16.5. The van der Waals surface area contributed by atoms with Crippen molar-refractivity contribution in [1.82, 2.24) is 0 Å². The molecule has 0 aliphatic heterocycles. The third kappa shape index (κ3) is 8.14. The highest BCUT2D eigenvalue weighted by atomic mass is 79.9. The third-order valence-electron chi connectivity index (χ3n) is 13.2. The molecule has 4 heteroatoms. The maximum atomic E-state index is 4.12. The quantitative estimate of drug-likeness (QED) is 0.100. The van der Waals surface area contributed by atoms with E-state index < -0.39 is 0 Å². The van der Waals surface area contributed by atoms with E-state index in [0.717, 1.165) is 68.8 Å². The number of para-hydroxylation sites is 4. The molecule has 10 rings (SSSR count). The molecule has 0 unspecified atom stereocenters. The van der Waals surface area contributed by atoms with E-state index in [1.165, 1.54) is 44.5 Å². The largest absolute Gasteiger partial charge is 0.310 e. The van der Waals surface area contributed by atoms with Gasteiger partial charge in [-0.3, -0.25) is 0 Å². The summed E-state index contributed by atoms with van der Waals surface area (Å²) in [6.07, 6.45) is 11.6. The number of anilines is 6. The number of hydrogen-bond acceptors (Lipinski definition) is 2. The van der Waals surface area contributed by atoms with E-state index in [2.05, 4.69) is 262 Å². The highest BCUT2D eigenvalue weighted by Gasteiger charge is 2.43. The van der Waals surface area contributed by atoms with Crippen molar-refractivity contribution in [1.29, 1.82) is 0 Å². The smallest absolute Gasteiger partial charge is 0.0465 e. The summed E-state index contributed by atoms with van der Waals surface area (Å²) in [5, 5.41) is 0. The van der Waals surface area contributed by atoms with Crippen LogP contribution in [0.25, 0.3) is 22.3 Å². The number of allylic oxidation sites excluding steroid dienone is 4. The third-order valence-corrected chi connectivity index (χ3v) is 14.1. The fraction of sp³-hybridized carbons (Fsp3) is 0.0968. The van der Waals surface area contributed by atoms with E-state index in [4.69, 9.17) is 0 Å².